The van der Waals surface area contributed by atoms with Crippen LogP contribution in [0.25, 0.3) is 0 Å². The van der Waals surface area contributed by atoms with Gasteiger partial charge in [-0.25, -0.2) is 52.3 Å². The third-order valence-corrected chi connectivity index (χ3v) is 21.5. The number of hydrogen-bond donors (Lipinski definition) is 15. The molecule has 0 heterocycles. The highest BCUT2D eigenvalue weighted by atomic mass is 19.3. The lowest BCUT2D eigenvalue weighted by Crippen LogP contribution is -2.39. The van der Waals surface area contributed by atoms with Crippen molar-refractivity contribution in [2.45, 2.75) is 273 Å². The standard InChI is InChI=1S/C14H18O6.C13H15FO4.C13H16O5.C13H16O4.C12H14F2O2.3C12H16O3.C12H16O2/c1-14(2,3)9-4-5-10(19-7-12(15)16)11(6-9)20-8-13(17)18;1-12(2,3)8-4-6-9(7-5-8)13(14,10(15)16)11(17)18;1-13(2,3)8-4-5-10(18-7-11(14)15)9(6-8)12(16)17;1-13(2,3)9-5-4-8(6-11(14)15)10(7-9)12(16)17;1-11(2,3)8-4-6-9(7-5-8)12(13,14)10(15)16;1-12(2,3)9-4-6-10(7-5-9)15-8-11(13)14;1-12(2,3)9-6-4-8(5-7-9)10(13)11(14)15;1-12(2,3)9-5-4-8(6-11(14)15)10(13)7-9;1-12(2,3)10-6-4-9(5-7-10)8-11(13)14/h4-6H,7-8H2,1-3H3,(H,15,16)(H,17,18);4-7H,1-3H3,(H,15,16)(H,17,18);4-6H,7H2,1-3H3,(H,14,15)(H,16,17);4-5,7H,6H2,1-3H3,(H,14,15)(H,16,17);4-7H,1-3H3,(H,15,16);4-7H,8H2,1-3H3,(H,13,14);4-7,10,13H,1-3H3,(H,14,15);4-5,7,13H,6H2,1-3H3,(H,14,15);4-7H,8H2,1-3H3,(H,13,14). The zero-order valence-corrected chi connectivity index (χ0v) is 88.8. The maximum Gasteiger partial charge on any atom is 0.379 e. The Morgan fingerprint density at radius 2 is 0.520 bits per heavy atom. The van der Waals surface area contributed by atoms with Crippen LogP contribution in [-0.2, 0) is 132 Å². The number of rotatable bonds is 27. The molecule has 1 atom stereocenters. The van der Waals surface area contributed by atoms with Crippen LogP contribution in [-0.4, -0.2) is 181 Å². The number of hydrogen-bond acceptors (Lipinski definition) is 19. The first-order chi connectivity index (χ1) is 67.3. The van der Waals surface area contributed by atoms with Gasteiger partial charge in [0, 0.05) is 16.7 Å². The molecular formula is C113H143F3O32. The quantitative estimate of drug-likeness (QED) is 0.0213. The largest absolute Gasteiger partial charge is 0.508 e. The Morgan fingerprint density at radius 3 is 0.838 bits per heavy atom. The average molecular weight is 2070 g/mol. The van der Waals surface area contributed by atoms with Gasteiger partial charge in [0.1, 0.15) is 22.8 Å². The minimum atomic E-state index is -3.82. The van der Waals surface area contributed by atoms with E-state index >= 15 is 0 Å². The average Bonchev–Trinajstić information content (AvgIpc) is 0.786. The molecule has 0 amide bonds. The van der Waals surface area contributed by atoms with Gasteiger partial charge in [0.2, 0.25) is 0 Å². The second-order valence-corrected chi connectivity index (χ2v) is 43.3. The van der Waals surface area contributed by atoms with Crippen LogP contribution in [0, 0.1) is 0 Å². The fourth-order valence-corrected chi connectivity index (χ4v) is 12.5. The number of aliphatic hydroxyl groups is 1. The number of aliphatic carboxylic acids is 11. The molecule has 0 bridgehead atoms. The Labute approximate surface area is 860 Å². The molecule has 35 heteroatoms. The molecule has 15 N–H and O–H groups in total. The lowest BCUT2D eigenvalue weighted by Gasteiger charge is -2.21. The molecule has 0 saturated heterocycles. The minimum absolute atomic E-state index is 0.0244. The fourth-order valence-electron chi connectivity index (χ4n) is 12.5. The number of phenols is 1. The van der Waals surface area contributed by atoms with Gasteiger partial charge in [-0.3, -0.25) is 14.4 Å². The second kappa shape index (κ2) is 55.4. The monoisotopic (exact) mass is 2070 g/mol. The first-order valence-corrected chi connectivity index (χ1v) is 46.3. The van der Waals surface area contributed by atoms with Crippen LogP contribution in [0.4, 0.5) is 13.2 Å². The van der Waals surface area contributed by atoms with Crippen LogP contribution in [0.1, 0.15) is 297 Å². The number of aromatic carboxylic acids is 2. The van der Waals surface area contributed by atoms with Crippen molar-refractivity contribution < 1.29 is 171 Å². The van der Waals surface area contributed by atoms with E-state index in [4.69, 9.17) is 85.3 Å². The Morgan fingerprint density at radius 1 is 0.257 bits per heavy atom. The summed E-state index contributed by atoms with van der Waals surface area (Å²) >= 11 is 0. The molecule has 32 nitrogen and oxygen atoms in total. The van der Waals surface area contributed by atoms with Crippen molar-refractivity contribution in [2.24, 2.45) is 0 Å². The number of phenolic OH excluding ortho intramolecular Hbond substituents is 1. The third kappa shape index (κ3) is 46.1. The summed E-state index contributed by atoms with van der Waals surface area (Å²) in [5, 5.41) is 132. The van der Waals surface area contributed by atoms with Gasteiger partial charge in [0.15, 0.2) is 44.0 Å². The lowest BCUT2D eigenvalue weighted by molar-refractivity contribution is -0.168. The molecule has 148 heavy (non-hydrogen) atoms. The summed E-state index contributed by atoms with van der Waals surface area (Å²) in [4.78, 5) is 138. The number of benzene rings is 9. The molecule has 0 fully saturated rings. The topological polar surface area (TPSA) is 562 Å². The highest BCUT2D eigenvalue weighted by Crippen LogP contribution is 2.38. The number of carboxylic acid groups (broad SMARTS) is 13. The van der Waals surface area contributed by atoms with Crippen LogP contribution < -0.4 is 18.9 Å². The molecule has 9 aromatic carbocycles. The molecule has 1 unspecified atom stereocenters. The normalized spacial score (nSPS) is 11.7. The van der Waals surface area contributed by atoms with Gasteiger partial charge in [-0.05, 0) is 164 Å². The molecular weight excluding hydrogens is 1930 g/mol. The summed E-state index contributed by atoms with van der Waals surface area (Å²) < 4.78 is 60.4. The Kier molecular flexibility index (Phi) is 49.0. The summed E-state index contributed by atoms with van der Waals surface area (Å²) in [5.41, 5.74) is 6.16. The fraction of sp³-hybridized carbons (Fsp3) is 0.407. The van der Waals surface area contributed by atoms with Gasteiger partial charge >= 0.3 is 89.2 Å². The van der Waals surface area contributed by atoms with E-state index in [9.17, 15) is 85.7 Å². The van der Waals surface area contributed by atoms with Crippen molar-refractivity contribution in [2.75, 3.05) is 26.4 Å². The predicted octanol–water partition coefficient (Wildman–Crippen LogP) is 21.3. The molecule has 0 aliphatic rings. The Balaban J connectivity index is 0.000000834. The van der Waals surface area contributed by atoms with Gasteiger partial charge in [-0.2, -0.15) is 8.78 Å². The van der Waals surface area contributed by atoms with Gasteiger partial charge in [-0.15, -0.1) is 0 Å². The number of carbonyl (C=O) groups is 13. The molecule has 9 aromatic rings. The van der Waals surface area contributed by atoms with Crippen LogP contribution >= 0.6 is 0 Å². The summed E-state index contributed by atoms with van der Waals surface area (Å²) in [5.74, 6) is -19.4. The van der Waals surface area contributed by atoms with Crippen molar-refractivity contribution in [3.8, 4) is 28.7 Å². The number of halogens is 3. The summed E-state index contributed by atoms with van der Waals surface area (Å²) in [6.45, 7) is 52.8. The zero-order chi connectivity index (χ0) is 115. The van der Waals surface area contributed by atoms with E-state index in [1.165, 1.54) is 59.7 Å². The molecule has 0 radical (unpaired) electrons. The van der Waals surface area contributed by atoms with E-state index in [0.29, 0.717) is 22.4 Å². The van der Waals surface area contributed by atoms with E-state index in [1.807, 2.05) is 179 Å². The summed E-state index contributed by atoms with van der Waals surface area (Å²) in [7, 11) is 0. The van der Waals surface area contributed by atoms with E-state index in [0.717, 1.165) is 56.6 Å². The highest BCUT2D eigenvalue weighted by Gasteiger charge is 2.49. The van der Waals surface area contributed by atoms with Gasteiger partial charge in [0.25, 0.3) is 0 Å². The lowest BCUT2D eigenvalue weighted by atomic mass is 9.85. The van der Waals surface area contributed by atoms with Crippen molar-refractivity contribution >= 4 is 77.6 Å². The van der Waals surface area contributed by atoms with E-state index < -0.39 is 126 Å². The zero-order valence-electron chi connectivity index (χ0n) is 88.8. The maximum absolute atomic E-state index is 14.0. The van der Waals surface area contributed by atoms with Crippen molar-refractivity contribution in [1.29, 1.82) is 0 Å². The smallest absolute Gasteiger partial charge is 0.379 e. The van der Waals surface area contributed by atoms with Crippen molar-refractivity contribution in [1.82, 2.24) is 0 Å². The van der Waals surface area contributed by atoms with Crippen LogP contribution in [0.2, 0.25) is 0 Å². The maximum atomic E-state index is 14.0. The molecule has 9 rings (SSSR count). The number of alkyl halides is 3. The highest BCUT2D eigenvalue weighted by molar-refractivity contribution is 6.02. The molecule has 808 valence electrons. The SMILES string of the molecule is CC(C)(C)c1ccc(C(F)(C(=O)O)C(=O)O)cc1.CC(C)(C)c1ccc(C(F)(F)C(=O)O)cc1.CC(C)(C)c1ccc(C(O)C(=O)O)cc1.CC(C)(C)c1ccc(CC(=O)O)c(C(=O)O)c1.CC(C)(C)c1ccc(CC(=O)O)c(O)c1.CC(C)(C)c1ccc(CC(=O)O)cc1.CC(C)(C)c1ccc(OCC(=O)O)c(C(=O)O)c1.CC(C)(C)c1ccc(OCC(=O)O)c(OCC(=O)O)c1.CC(C)(C)c1ccc(OCC(=O)O)cc1. The molecule has 0 saturated carbocycles. The summed E-state index contributed by atoms with van der Waals surface area (Å²) in [6, 6.07) is 53.0. The van der Waals surface area contributed by atoms with Crippen LogP contribution in [0.15, 0.2) is 194 Å². The van der Waals surface area contributed by atoms with Gasteiger partial charge < -0.3 is 95.5 Å². The molecule has 0 aliphatic heterocycles. The predicted molar refractivity (Wildman–Crippen MR) is 551 cm³/mol. The van der Waals surface area contributed by atoms with E-state index in [2.05, 4.69) is 62.3 Å². The molecule has 0 aromatic heterocycles. The summed E-state index contributed by atoms with van der Waals surface area (Å²) in [6.07, 6.45) is -1.74. The number of aromatic hydroxyl groups is 1. The van der Waals surface area contributed by atoms with E-state index in [1.54, 1.807) is 78.9 Å². The third-order valence-electron chi connectivity index (χ3n) is 21.5. The first-order valence-electron chi connectivity index (χ1n) is 46.3. The number of ether oxygens (including phenoxy) is 4. The van der Waals surface area contributed by atoms with Crippen LogP contribution in [0.5, 0.6) is 28.7 Å². The van der Waals surface area contributed by atoms with Crippen molar-refractivity contribution in [3.05, 3.63) is 289 Å². The van der Waals surface area contributed by atoms with Gasteiger partial charge in [0.05, 0.1) is 24.8 Å². The Hall–Kier alpha value is -15.2. The Bertz CT molecular complexity index is 5960. The van der Waals surface area contributed by atoms with E-state index in [-0.39, 0.29) is 109 Å². The van der Waals surface area contributed by atoms with Gasteiger partial charge in [-0.1, -0.05) is 333 Å². The molecule has 0 spiro atoms. The van der Waals surface area contributed by atoms with Crippen molar-refractivity contribution in [3.63, 3.8) is 0 Å². The number of carboxylic acids is 13. The number of aliphatic hydroxyl groups excluding tert-OH is 1. The first kappa shape index (κ1) is 131. The van der Waals surface area contributed by atoms with Crippen LogP contribution in [0.3, 0.4) is 0 Å². The minimum Gasteiger partial charge on any atom is -0.508 e. The second-order valence-electron chi connectivity index (χ2n) is 43.3. The molecule has 0 aliphatic carbocycles.